The Hall–Kier alpha value is -1.81. The number of hydrogen-bond acceptors (Lipinski definition) is 2. The Bertz CT molecular complexity index is 618. The summed E-state index contributed by atoms with van der Waals surface area (Å²) in [6.07, 6.45) is 2.37. The molecule has 2 aromatic rings. The van der Waals surface area contributed by atoms with Crippen LogP contribution in [0.2, 0.25) is 5.15 Å². The number of aromatic nitrogens is 2. The third kappa shape index (κ3) is 2.70. The fourth-order valence-corrected chi connectivity index (χ4v) is 2.43. The average Bonchev–Trinajstić information content (AvgIpc) is 2.76. The molecule has 2 rings (SSSR count). The van der Waals surface area contributed by atoms with Crippen molar-refractivity contribution in [2.45, 2.75) is 33.1 Å². The molecule has 1 heterocycles. The van der Waals surface area contributed by atoms with Gasteiger partial charge < -0.3 is 5.11 Å². The largest absolute Gasteiger partial charge is 0.478 e. The van der Waals surface area contributed by atoms with Gasteiger partial charge in [-0.25, -0.2) is 9.48 Å². The first-order valence-corrected chi connectivity index (χ1v) is 7.06. The van der Waals surface area contributed by atoms with Crippen LogP contribution >= 0.6 is 11.6 Å². The number of rotatable bonds is 5. The summed E-state index contributed by atoms with van der Waals surface area (Å²) in [5.74, 6) is -1.03. The molecular weight excluding hydrogens is 276 g/mol. The summed E-state index contributed by atoms with van der Waals surface area (Å²) in [7, 11) is 0. The van der Waals surface area contributed by atoms with Gasteiger partial charge in [0.15, 0.2) is 0 Å². The van der Waals surface area contributed by atoms with Gasteiger partial charge in [0.2, 0.25) is 0 Å². The highest BCUT2D eigenvalue weighted by Gasteiger charge is 2.22. The molecule has 0 spiro atoms. The minimum atomic E-state index is -1.03. The Labute approximate surface area is 123 Å². The molecule has 1 N–H and O–H groups in total. The van der Waals surface area contributed by atoms with Gasteiger partial charge in [0.05, 0.1) is 11.4 Å². The zero-order valence-corrected chi connectivity index (χ0v) is 12.3. The van der Waals surface area contributed by atoms with Crippen LogP contribution in [0.3, 0.4) is 0 Å². The van der Waals surface area contributed by atoms with Crippen molar-refractivity contribution in [3.8, 4) is 5.69 Å². The minimum absolute atomic E-state index is 0.105. The van der Waals surface area contributed by atoms with Gasteiger partial charge in [-0.05, 0) is 30.5 Å². The van der Waals surface area contributed by atoms with Crippen molar-refractivity contribution >= 4 is 17.6 Å². The van der Waals surface area contributed by atoms with Gasteiger partial charge in [0, 0.05) is 0 Å². The van der Waals surface area contributed by atoms with Crippen LogP contribution in [0.25, 0.3) is 5.69 Å². The van der Waals surface area contributed by atoms with Gasteiger partial charge in [0.25, 0.3) is 0 Å². The fourth-order valence-electron chi connectivity index (χ4n) is 2.11. The Morgan fingerprint density at radius 2 is 1.95 bits per heavy atom. The number of aromatic carboxylic acids is 1. The number of carbonyl (C=O) groups is 1. The summed E-state index contributed by atoms with van der Waals surface area (Å²) in [6.45, 7) is 4.06. The van der Waals surface area contributed by atoms with Crippen LogP contribution in [0, 0.1) is 0 Å². The maximum absolute atomic E-state index is 11.3. The lowest BCUT2D eigenvalue weighted by atomic mass is 10.1. The number of carboxylic acids is 1. The van der Waals surface area contributed by atoms with Crippen LogP contribution in [0.15, 0.2) is 24.3 Å². The molecule has 0 bridgehead atoms. The molecule has 1 aromatic heterocycles. The second kappa shape index (κ2) is 6.09. The number of benzene rings is 1. The molecule has 0 amide bonds. The first kappa shape index (κ1) is 14.6. The normalized spacial score (nSPS) is 10.8. The second-order valence-electron chi connectivity index (χ2n) is 4.60. The molecule has 0 aliphatic rings. The van der Waals surface area contributed by atoms with E-state index >= 15 is 0 Å². The maximum Gasteiger partial charge on any atom is 0.340 e. The van der Waals surface area contributed by atoms with E-state index in [-0.39, 0.29) is 10.7 Å². The summed E-state index contributed by atoms with van der Waals surface area (Å²) in [5, 5.41) is 13.8. The molecule has 0 saturated heterocycles. The molecule has 4 nitrogen and oxygen atoms in total. The highest BCUT2D eigenvalue weighted by atomic mass is 35.5. The molecule has 0 aliphatic carbocycles. The first-order chi connectivity index (χ1) is 9.58. The van der Waals surface area contributed by atoms with Crippen molar-refractivity contribution < 1.29 is 9.90 Å². The van der Waals surface area contributed by atoms with E-state index in [1.54, 1.807) is 0 Å². The Morgan fingerprint density at radius 3 is 2.45 bits per heavy atom. The van der Waals surface area contributed by atoms with E-state index in [1.165, 1.54) is 10.2 Å². The van der Waals surface area contributed by atoms with Gasteiger partial charge in [-0.1, -0.05) is 44.0 Å². The quantitative estimate of drug-likeness (QED) is 0.913. The van der Waals surface area contributed by atoms with E-state index in [1.807, 2.05) is 31.2 Å². The fraction of sp³-hybridized carbons (Fsp3) is 0.333. The van der Waals surface area contributed by atoms with Gasteiger partial charge in [-0.15, -0.1) is 0 Å². The summed E-state index contributed by atoms with van der Waals surface area (Å²) in [5.41, 5.74) is 2.62. The molecule has 0 radical (unpaired) electrons. The topological polar surface area (TPSA) is 55.1 Å². The van der Waals surface area contributed by atoms with Crippen LogP contribution in [-0.2, 0) is 12.8 Å². The van der Waals surface area contributed by atoms with Crippen molar-refractivity contribution in [2.75, 3.05) is 0 Å². The van der Waals surface area contributed by atoms with E-state index in [9.17, 15) is 9.90 Å². The van der Waals surface area contributed by atoms with Crippen LogP contribution in [0.1, 0.15) is 41.9 Å². The van der Waals surface area contributed by atoms with Crippen molar-refractivity contribution in [1.82, 2.24) is 9.78 Å². The van der Waals surface area contributed by atoms with E-state index in [4.69, 9.17) is 11.6 Å². The molecule has 0 unspecified atom stereocenters. The lowest BCUT2D eigenvalue weighted by Crippen LogP contribution is -2.00. The summed E-state index contributed by atoms with van der Waals surface area (Å²) >= 11 is 6.19. The molecule has 0 atom stereocenters. The number of nitrogens with zero attached hydrogens (tertiary/aromatic N) is 2. The van der Waals surface area contributed by atoms with Gasteiger partial charge in [0.1, 0.15) is 10.7 Å². The van der Waals surface area contributed by atoms with Crippen LogP contribution in [-0.4, -0.2) is 20.9 Å². The maximum atomic E-state index is 11.3. The Balaban J connectivity index is 2.50. The summed E-state index contributed by atoms with van der Waals surface area (Å²) in [4.78, 5) is 11.3. The predicted octanol–water partition coefficient (Wildman–Crippen LogP) is 3.74. The van der Waals surface area contributed by atoms with Crippen molar-refractivity contribution in [3.63, 3.8) is 0 Å². The first-order valence-electron chi connectivity index (χ1n) is 6.68. The summed E-state index contributed by atoms with van der Waals surface area (Å²) < 4.78 is 1.50. The van der Waals surface area contributed by atoms with E-state index < -0.39 is 5.97 Å². The lowest BCUT2D eigenvalue weighted by Gasteiger charge is -2.04. The zero-order chi connectivity index (χ0) is 14.7. The Morgan fingerprint density at radius 1 is 1.30 bits per heavy atom. The van der Waals surface area contributed by atoms with Gasteiger partial charge in [-0.3, -0.25) is 0 Å². The zero-order valence-electron chi connectivity index (χ0n) is 11.6. The number of aryl methyl sites for hydroxylation is 2. The average molecular weight is 293 g/mol. The monoisotopic (exact) mass is 292 g/mol. The number of carboxylic acid groups (broad SMARTS) is 1. The number of hydrogen-bond donors (Lipinski definition) is 1. The van der Waals surface area contributed by atoms with Gasteiger partial charge >= 0.3 is 5.97 Å². The minimum Gasteiger partial charge on any atom is -0.478 e. The van der Waals surface area contributed by atoms with Crippen molar-refractivity contribution in [3.05, 3.63) is 46.2 Å². The van der Waals surface area contributed by atoms with E-state index in [0.717, 1.165) is 18.5 Å². The predicted molar refractivity (Wildman–Crippen MR) is 78.9 cm³/mol. The molecule has 20 heavy (non-hydrogen) atoms. The van der Waals surface area contributed by atoms with Crippen LogP contribution in [0.4, 0.5) is 0 Å². The van der Waals surface area contributed by atoms with Crippen LogP contribution < -0.4 is 0 Å². The lowest BCUT2D eigenvalue weighted by molar-refractivity contribution is 0.0696. The SMILES string of the molecule is CCCc1nn(-c2ccc(CC)cc2)c(Cl)c1C(=O)O. The summed E-state index contributed by atoms with van der Waals surface area (Å²) in [6, 6.07) is 7.79. The van der Waals surface area contributed by atoms with Crippen LogP contribution in [0.5, 0.6) is 0 Å². The standard InChI is InChI=1S/C15H17ClN2O2/c1-3-5-12-13(15(19)20)14(16)18(17-12)11-8-6-10(4-2)7-9-11/h6-9H,3-5H2,1-2H3,(H,19,20). The van der Waals surface area contributed by atoms with Gasteiger partial charge in [-0.2, -0.15) is 5.10 Å². The molecule has 1 aromatic carbocycles. The third-order valence-corrected chi connectivity index (χ3v) is 3.54. The Kier molecular flexibility index (Phi) is 4.45. The van der Waals surface area contributed by atoms with E-state index in [2.05, 4.69) is 12.0 Å². The molecular formula is C15H17ClN2O2. The highest BCUT2D eigenvalue weighted by molar-refractivity contribution is 6.32. The smallest absolute Gasteiger partial charge is 0.340 e. The van der Waals surface area contributed by atoms with E-state index in [0.29, 0.717) is 12.1 Å². The highest BCUT2D eigenvalue weighted by Crippen LogP contribution is 2.25. The molecule has 0 aliphatic heterocycles. The number of halogens is 1. The molecule has 0 saturated carbocycles. The molecule has 0 fully saturated rings. The second-order valence-corrected chi connectivity index (χ2v) is 4.96. The van der Waals surface area contributed by atoms with Crippen molar-refractivity contribution in [2.24, 2.45) is 0 Å². The van der Waals surface area contributed by atoms with Crippen molar-refractivity contribution in [1.29, 1.82) is 0 Å². The molecule has 5 heteroatoms. The third-order valence-electron chi connectivity index (χ3n) is 3.19. The molecule has 106 valence electrons.